The molecule has 1 heterocycles. The van der Waals surface area contributed by atoms with Crippen LogP contribution in [0.2, 0.25) is 10.0 Å². The van der Waals surface area contributed by atoms with Gasteiger partial charge in [-0.2, -0.15) is 5.10 Å². The number of hydrogen-bond acceptors (Lipinski definition) is 3. The van der Waals surface area contributed by atoms with E-state index in [9.17, 15) is 9.90 Å². The van der Waals surface area contributed by atoms with Crippen molar-refractivity contribution in [2.24, 2.45) is 5.10 Å². The van der Waals surface area contributed by atoms with E-state index >= 15 is 0 Å². The summed E-state index contributed by atoms with van der Waals surface area (Å²) in [4.78, 5) is 11.3. The number of hydrogen-bond donors (Lipinski definition) is 1. The molecular formula is C16H11BrCl2N2O2. The quantitative estimate of drug-likeness (QED) is 0.757. The number of carbonyl (C=O) groups is 1. The van der Waals surface area contributed by atoms with Gasteiger partial charge in [0.2, 0.25) is 0 Å². The summed E-state index contributed by atoms with van der Waals surface area (Å²) in [6.45, 7) is 0. The molecule has 0 bridgehead atoms. The van der Waals surface area contributed by atoms with Gasteiger partial charge in [0.1, 0.15) is 5.71 Å². The van der Waals surface area contributed by atoms with Gasteiger partial charge in [-0.15, -0.1) is 0 Å². The summed E-state index contributed by atoms with van der Waals surface area (Å²) in [5, 5.41) is 16.0. The summed E-state index contributed by atoms with van der Waals surface area (Å²) in [7, 11) is 0. The summed E-state index contributed by atoms with van der Waals surface area (Å²) in [6, 6.07) is 12.5. The van der Waals surface area contributed by atoms with Crippen molar-refractivity contribution in [3.05, 3.63) is 62.5 Å². The molecule has 23 heavy (non-hydrogen) atoms. The van der Waals surface area contributed by atoms with Crippen molar-refractivity contribution in [3.8, 4) is 0 Å². The van der Waals surface area contributed by atoms with Crippen LogP contribution in [0.1, 0.15) is 18.0 Å². The maximum Gasteiger partial charge on any atom is 0.352 e. The number of hydrazone groups is 1. The molecule has 1 aliphatic heterocycles. The summed E-state index contributed by atoms with van der Waals surface area (Å²) in [6.07, 6.45) is 0.276. The van der Waals surface area contributed by atoms with Crippen molar-refractivity contribution < 1.29 is 9.90 Å². The van der Waals surface area contributed by atoms with Crippen LogP contribution in [0, 0.1) is 0 Å². The first kappa shape index (κ1) is 16.3. The van der Waals surface area contributed by atoms with Crippen molar-refractivity contribution in [2.75, 3.05) is 5.01 Å². The van der Waals surface area contributed by atoms with E-state index in [1.54, 1.807) is 23.2 Å². The number of anilines is 1. The average Bonchev–Trinajstić information content (AvgIpc) is 2.93. The minimum Gasteiger partial charge on any atom is -0.477 e. The number of rotatable bonds is 3. The fourth-order valence-corrected chi connectivity index (χ4v) is 3.33. The molecule has 1 atom stereocenters. The Bertz CT molecular complexity index is 773. The minimum atomic E-state index is -1.04. The third kappa shape index (κ3) is 3.22. The molecular weight excluding hydrogens is 403 g/mol. The first-order valence-electron chi connectivity index (χ1n) is 6.77. The van der Waals surface area contributed by atoms with Crippen LogP contribution in [0.15, 0.2) is 52.0 Å². The number of carboxylic acid groups (broad SMARTS) is 1. The zero-order valence-corrected chi connectivity index (χ0v) is 14.8. The first-order valence-corrected chi connectivity index (χ1v) is 8.31. The fraction of sp³-hybridized carbons (Fsp3) is 0.125. The number of halogens is 3. The van der Waals surface area contributed by atoms with Crippen LogP contribution in [-0.2, 0) is 4.79 Å². The van der Waals surface area contributed by atoms with Gasteiger partial charge < -0.3 is 5.11 Å². The van der Waals surface area contributed by atoms with Crippen molar-refractivity contribution in [1.82, 2.24) is 0 Å². The Hall–Kier alpha value is -1.56. The molecule has 2 aromatic carbocycles. The third-order valence-electron chi connectivity index (χ3n) is 3.58. The normalized spacial score (nSPS) is 17.3. The second kappa shape index (κ2) is 6.51. The Labute approximate surface area is 151 Å². The Morgan fingerprint density at radius 1 is 1.17 bits per heavy atom. The second-order valence-corrected chi connectivity index (χ2v) is 6.77. The summed E-state index contributed by atoms with van der Waals surface area (Å²) >= 11 is 15.9. The molecule has 1 aliphatic rings. The van der Waals surface area contributed by atoms with E-state index in [0.29, 0.717) is 15.7 Å². The highest BCUT2D eigenvalue weighted by atomic mass is 79.9. The molecule has 7 heteroatoms. The van der Waals surface area contributed by atoms with Gasteiger partial charge in [-0.1, -0.05) is 57.3 Å². The maximum absolute atomic E-state index is 11.3. The maximum atomic E-state index is 11.3. The second-order valence-electron chi connectivity index (χ2n) is 5.04. The summed E-state index contributed by atoms with van der Waals surface area (Å²) in [5.41, 5.74) is 1.53. The average molecular weight is 414 g/mol. The van der Waals surface area contributed by atoms with Crippen LogP contribution in [0.25, 0.3) is 0 Å². The molecule has 0 amide bonds. The van der Waals surface area contributed by atoms with Gasteiger partial charge in [-0.3, -0.25) is 5.01 Å². The smallest absolute Gasteiger partial charge is 0.352 e. The van der Waals surface area contributed by atoms with Crippen LogP contribution in [-0.4, -0.2) is 16.8 Å². The zero-order valence-electron chi connectivity index (χ0n) is 11.7. The van der Waals surface area contributed by atoms with Crippen molar-refractivity contribution in [2.45, 2.75) is 12.5 Å². The number of benzene rings is 2. The lowest BCUT2D eigenvalue weighted by Crippen LogP contribution is -2.19. The fourth-order valence-electron chi connectivity index (χ4n) is 2.50. The van der Waals surface area contributed by atoms with Gasteiger partial charge in [0, 0.05) is 10.9 Å². The van der Waals surface area contributed by atoms with Gasteiger partial charge in [0.25, 0.3) is 0 Å². The predicted octanol–water partition coefficient (Wildman–Crippen LogP) is 5.15. The highest BCUT2D eigenvalue weighted by Gasteiger charge is 2.34. The van der Waals surface area contributed by atoms with Crippen molar-refractivity contribution in [3.63, 3.8) is 0 Å². The van der Waals surface area contributed by atoms with Crippen molar-refractivity contribution >= 4 is 56.5 Å². The van der Waals surface area contributed by atoms with E-state index in [0.717, 1.165) is 10.0 Å². The van der Waals surface area contributed by atoms with Crippen LogP contribution in [0.5, 0.6) is 0 Å². The first-order chi connectivity index (χ1) is 11.0. The molecule has 0 fully saturated rings. The van der Waals surface area contributed by atoms with Crippen LogP contribution >= 0.6 is 39.1 Å². The molecule has 0 aromatic heterocycles. The van der Waals surface area contributed by atoms with E-state index in [2.05, 4.69) is 21.0 Å². The molecule has 0 aliphatic carbocycles. The highest BCUT2D eigenvalue weighted by Crippen LogP contribution is 2.42. The van der Waals surface area contributed by atoms with E-state index in [-0.39, 0.29) is 18.2 Å². The molecule has 118 valence electrons. The molecule has 0 saturated carbocycles. The highest BCUT2D eigenvalue weighted by molar-refractivity contribution is 9.10. The van der Waals surface area contributed by atoms with Crippen LogP contribution in [0.4, 0.5) is 5.69 Å². The van der Waals surface area contributed by atoms with Gasteiger partial charge in [-0.25, -0.2) is 4.79 Å². The lowest BCUT2D eigenvalue weighted by Gasteiger charge is -2.25. The van der Waals surface area contributed by atoms with E-state index in [1.807, 2.05) is 24.3 Å². The molecule has 2 aromatic rings. The van der Waals surface area contributed by atoms with Crippen LogP contribution in [0.3, 0.4) is 0 Å². The topological polar surface area (TPSA) is 52.9 Å². The summed E-state index contributed by atoms with van der Waals surface area (Å²) in [5.74, 6) is -1.04. The standard InChI is InChI=1S/C16H11BrCl2N2O2/c17-10-6-4-9(5-7-10)14-8-13(16(22)23)20-21(14)15-11(18)2-1-3-12(15)19/h1-7,14H,8H2,(H,22,23). The third-order valence-corrected chi connectivity index (χ3v) is 4.72. The molecule has 1 N–H and O–H groups in total. The molecule has 3 rings (SSSR count). The van der Waals surface area contributed by atoms with Crippen molar-refractivity contribution in [1.29, 1.82) is 0 Å². The molecule has 0 radical (unpaired) electrons. The Morgan fingerprint density at radius 2 is 1.78 bits per heavy atom. The van der Waals surface area contributed by atoms with E-state index in [4.69, 9.17) is 23.2 Å². The number of carboxylic acids is 1. The zero-order chi connectivity index (χ0) is 16.6. The number of nitrogens with zero attached hydrogens (tertiary/aromatic N) is 2. The van der Waals surface area contributed by atoms with Gasteiger partial charge in [-0.05, 0) is 29.8 Å². The van der Waals surface area contributed by atoms with Gasteiger partial charge in [0.15, 0.2) is 0 Å². The minimum absolute atomic E-state index is 0.0777. The van der Waals surface area contributed by atoms with Gasteiger partial charge in [0.05, 0.1) is 21.8 Å². The Balaban J connectivity index is 2.09. The van der Waals surface area contributed by atoms with E-state index in [1.165, 1.54) is 0 Å². The van der Waals surface area contributed by atoms with Crippen LogP contribution < -0.4 is 5.01 Å². The van der Waals surface area contributed by atoms with Gasteiger partial charge >= 0.3 is 5.97 Å². The molecule has 0 saturated heterocycles. The summed E-state index contributed by atoms with van der Waals surface area (Å²) < 4.78 is 0.945. The largest absolute Gasteiger partial charge is 0.477 e. The Morgan fingerprint density at radius 3 is 2.35 bits per heavy atom. The predicted molar refractivity (Wildman–Crippen MR) is 95.5 cm³/mol. The van der Waals surface area contributed by atoms with E-state index < -0.39 is 5.97 Å². The monoisotopic (exact) mass is 412 g/mol. The molecule has 4 nitrogen and oxygen atoms in total. The SMILES string of the molecule is O=C(O)C1=NN(c2c(Cl)cccc2Cl)C(c2ccc(Br)cc2)C1. The number of para-hydroxylation sites is 1. The lowest BCUT2D eigenvalue weighted by atomic mass is 10.0. The Kier molecular flexibility index (Phi) is 4.62. The number of aliphatic carboxylic acids is 1. The molecule has 0 spiro atoms. The lowest BCUT2D eigenvalue weighted by molar-refractivity contribution is -0.129. The molecule has 1 unspecified atom stereocenters.